The molecule has 4 rings (SSSR count). The molecule has 0 aliphatic carbocycles. The standard InChI is InChI=1S/C25H26FN5O3/c26-19-6-10-22(11-7-19)34-21-8-4-18(5-9-21)23-3-1-2-20(29-23)16-30(17-24(27)32)14-15-31-13-12-28-25(31)33/h1-11H,12-17H2,(H2,27,32)(H,28,33). The zero-order valence-corrected chi connectivity index (χ0v) is 18.6. The largest absolute Gasteiger partial charge is 0.457 e. The van der Waals surface area contributed by atoms with Gasteiger partial charge in [-0.1, -0.05) is 6.07 Å². The van der Waals surface area contributed by atoms with Gasteiger partial charge in [0.2, 0.25) is 5.91 Å². The summed E-state index contributed by atoms with van der Waals surface area (Å²) in [6.45, 7) is 2.81. The van der Waals surface area contributed by atoms with Gasteiger partial charge in [-0.3, -0.25) is 14.7 Å². The lowest BCUT2D eigenvalue weighted by Crippen LogP contribution is -2.40. The van der Waals surface area contributed by atoms with Crippen LogP contribution >= 0.6 is 0 Å². The number of primary amides is 1. The maximum Gasteiger partial charge on any atom is 0.317 e. The molecule has 0 radical (unpaired) electrons. The topological polar surface area (TPSA) is 101 Å². The number of rotatable bonds is 10. The molecule has 2 heterocycles. The summed E-state index contributed by atoms with van der Waals surface area (Å²) in [5.41, 5.74) is 7.91. The van der Waals surface area contributed by atoms with E-state index in [1.807, 2.05) is 47.4 Å². The highest BCUT2D eigenvalue weighted by Crippen LogP contribution is 2.25. The van der Waals surface area contributed by atoms with E-state index in [0.717, 1.165) is 17.0 Å². The normalized spacial score (nSPS) is 13.2. The maximum atomic E-state index is 13.1. The SMILES string of the molecule is NC(=O)CN(CCN1CCNC1=O)Cc1cccc(-c2ccc(Oc3ccc(F)cc3)cc2)n1. The first-order valence-corrected chi connectivity index (χ1v) is 11.0. The Morgan fingerprint density at radius 2 is 1.79 bits per heavy atom. The number of nitrogens with zero attached hydrogens (tertiary/aromatic N) is 3. The Kier molecular flexibility index (Phi) is 7.34. The van der Waals surface area contributed by atoms with Crippen molar-refractivity contribution < 1.29 is 18.7 Å². The van der Waals surface area contributed by atoms with Gasteiger partial charge in [0.1, 0.15) is 17.3 Å². The molecule has 0 unspecified atom stereocenters. The smallest absolute Gasteiger partial charge is 0.317 e. The molecule has 1 fully saturated rings. The van der Waals surface area contributed by atoms with Crippen molar-refractivity contribution in [2.75, 3.05) is 32.7 Å². The molecule has 3 N–H and O–H groups in total. The van der Waals surface area contributed by atoms with Crippen LogP contribution in [0.25, 0.3) is 11.3 Å². The minimum Gasteiger partial charge on any atom is -0.457 e. The number of hydrogen-bond donors (Lipinski definition) is 2. The maximum absolute atomic E-state index is 13.1. The van der Waals surface area contributed by atoms with Gasteiger partial charge in [-0.15, -0.1) is 0 Å². The van der Waals surface area contributed by atoms with Crippen molar-refractivity contribution in [3.63, 3.8) is 0 Å². The summed E-state index contributed by atoms with van der Waals surface area (Å²) in [6, 6.07) is 18.9. The predicted molar refractivity (Wildman–Crippen MR) is 126 cm³/mol. The molecule has 2 aromatic carbocycles. The van der Waals surface area contributed by atoms with Gasteiger partial charge in [0.25, 0.3) is 0 Å². The average molecular weight is 464 g/mol. The van der Waals surface area contributed by atoms with E-state index in [0.29, 0.717) is 44.2 Å². The number of benzene rings is 2. The molecule has 0 bridgehead atoms. The van der Waals surface area contributed by atoms with Gasteiger partial charge in [0.15, 0.2) is 0 Å². The van der Waals surface area contributed by atoms with Crippen LogP contribution in [0.4, 0.5) is 9.18 Å². The van der Waals surface area contributed by atoms with Gasteiger partial charge < -0.3 is 20.7 Å². The first kappa shape index (κ1) is 23.2. The average Bonchev–Trinajstić information content (AvgIpc) is 3.24. The number of carbonyl (C=O) groups is 2. The van der Waals surface area contributed by atoms with Crippen molar-refractivity contribution in [3.05, 3.63) is 78.2 Å². The molecule has 0 saturated carbocycles. The zero-order chi connectivity index (χ0) is 23.9. The van der Waals surface area contributed by atoms with E-state index < -0.39 is 5.91 Å². The van der Waals surface area contributed by atoms with E-state index in [1.165, 1.54) is 12.1 Å². The first-order valence-electron chi connectivity index (χ1n) is 11.0. The Morgan fingerprint density at radius 1 is 1.09 bits per heavy atom. The highest BCUT2D eigenvalue weighted by Gasteiger charge is 2.20. The first-order chi connectivity index (χ1) is 16.5. The minimum absolute atomic E-state index is 0.0801. The number of nitrogens with one attached hydrogen (secondary N) is 1. The molecule has 8 nitrogen and oxygen atoms in total. The van der Waals surface area contributed by atoms with Crippen LogP contribution in [-0.2, 0) is 11.3 Å². The molecule has 0 atom stereocenters. The summed E-state index contributed by atoms with van der Waals surface area (Å²) in [5.74, 6) is 0.434. The van der Waals surface area contributed by atoms with Crippen LogP contribution in [0.5, 0.6) is 11.5 Å². The fourth-order valence-electron chi connectivity index (χ4n) is 3.71. The molecule has 1 aliphatic heterocycles. The van der Waals surface area contributed by atoms with Crippen LogP contribution in [0.2, 0.25) is 0 Å². The number of ether oxygens (including phenoxy) is 1. The Morgan fingerprint density at radius 3 is 2.44 bits per heavy atom. The van der Waals surface area contributed by atoms with E-state index in [4.69, 9.17) is 15.5 Å². The predicted octanol–water partition coefficient (Wildman–Crippen LogP) is 2.99. The Labute approximate surface area is 197 Å². The summed E-state index contributed by atoms with van der Waals surface area (Å²) in [5, 5.41) is 2.77. The van der Waals surface area contributed by atoms with E-state index in [1.54, 1.807) is 17.0 Å². The number of nitrogens with two attached hydrogens (primary N) is 1. The number of carbonyl (C=O) groups excluding carboxylic acids is 2. The van der Waals surface area contributed by atoms with Crippen LogP contribution in [0.3, 0.4) is 0 Å². The van der Waals surface area contributed by atoms with Crippen molar-refractivity contribution >= 4 is 11.9 Å². The van der Waals surface area contributed by atoms with Crippen LogP contribution in [0.1, 0.15) is 5.69 Å². The third-order valence-corrected chi connectivity index (χ3v) is 5.40. The van der Waals surface area contributed by atoms with Crippen molar-refractivity contribution in [3.8, 4) is 22.8 Å². The lowest BCUT2D eigenvalue weighted by molar-refractivity contribution is -0.119. The number of amides is 3. The molecule has 3 aromatic rings. The second kappa shape index (κ2) is 10.8. The molecule has 3 amide bonds. The van der Waals surface area contributed by atoms with Gasteiger partial charge >= 0.3 is 6.03 Å². The zero-order valence-electron chi connectivity index (χ0n) is 18.6. The Bertz CT molecular complexity index is 1140. The Hall–Kier alpha value is -3.98. The highest BCUT2D eigenvalue weighted by atomic mass is 19.1. The highest BCUT2D eigenvalue weighted by molar-refractivity contribution is 5.76. The Balaban J connectivity index is 1.41. The number of urea groups is 1. The number of halogens is 1. The van der Waals surface area contributed by atoms with Crippen molar-refractivity contribution in [2.45, 2.75) is 6.54 Å². The molecule has 0 spiro atoms. The number of pyridine rings is 1. The third-order valence-electron chi connectivity index (χ3n) is 5.40. The van der Waals surface area contributed by atoms with Gasteiger partial charge in [0, 0.05) is 38.3 Å². The molecule has 1 aliphatic rings. The van der Waals surface area contributed by atoms with Crippen molar-refractivity contribution in [2.24, 2.45) is 5.73 Å². The van der Waals surface area contributed by atoms with E-state index in [2.05, 4.69) is 5.32 Å². The van der Waals surface area contributed by atoms with Crippen LogP contribution < -0.4 is 15.8 Å². The quantitative estimate of drug-likeness (QED) is 0.481. The molecule has 1 aromatic heterocycles. The molecule has 1 saturated heterocycles. The molecule has 34 heavy (non-hydrogen) atoms. The van der Waals surface area contributed by atoms with E-state index in [9.17, 15) is 14.0 Å². The number of hydrogen-bond acceptors (Lipinski definition) is 5. The van der Waals surface area contributed by atoms with E-state index in [-0.39, 0.29) is 18.4 Å². The fraction of sp³-hybridized carbons (Fsp3) is 0.240. The van der Waals surface area contributed by atoms with Gasteiger partial charge in [0.05, 0.1) is 17.9 Å². The lowest BCUT2D eigenvalue weighted by Gasteiger charge is -2.23. The molecular formula is C25H26FN5O3. The van der Waals surface area contributed by atoms with Gasteiger partial charge in [-0.05, 0) is 60.7 Å². The second-order valence-electron chi connectivity index (χ2n) is 7.99. The molecule has 9 heteroatoms. The van der Waals surface area contributed by atoms with Crippen LogP contribution in [0, 0.1) is 5.82 Å². The van der Waals surface area contributed by atoms with Crippen molar-refractivity contribution in [1.29, 1.82) is 0 Å². The van der Waals surface area contributed by atoms with Gasteiger partial charge in [-0.2, -0.15) is 0 Å². The molecular weight excluding hydrogens is 437 g/mol. The number of aromatic nitrogens is 1. The lowest BCUT2D eigenvalue weighted by atomic mass is 10.1. The minimum atomic E-state index is -0.432. The van der Waals surface area contributed by atoms with Crippen LogP contribution in [0.15, 0.2) is 66.7 Å². The third kappa shape index (κ3) is 6.29. The summed E-state index contributed by atoms with van der Waals surface area (Å²) < 4.78 is 18.8. The second-order valence-corrected chi connectivity index (χ2v) is 7.99. The summed E-state index contributed by atoms with van der Waals surface area (Å²) in [6.07, 6.45) is 0. The van der Waals surface area contributed by atoms with E-state index >= 15 is 0 Å². The summed E-state index contributed by atoms with van der Waals surface area (Å²) in [7, 11) is 0. The van der Waals surface area contributed by atoms with Crippen LogP contribution in [-0.4, -0.2) is 59.4 Å². The summed E-state index contributed by atoms with van der Waals surface area (Å²) in [4.78, 5) is 31.7. The summed E-state index contributed by atoms with van der Waals surface area (Å²) >= 11 is 0. The molecule has 176 valence electrons. The van der Waals surface area contributed by atoms with Crippen molar-refractivity contribution in [1.82, 2.24) is 20.1 Å². The fourth-order valence-corrected chi connectivity index (χ4v) is 3.71. The monoisotopic (exact) mass is 463 g/mol. The van der Waals surface area contributed by atoms with Gasteiger partial charge in [-0.25, -0.2) is 9.18 Å².